The zero-order valence-corrected chi connectivity index (χ0v) is 19.9. The summed E-state index contributed by atoms with van der Waals surface area (Å²) in [5.41, 5.74) is 7.34. The van der Waals surface area contributed by atoms with E-state index in [0.29, 0.717) is 34.7 Å². The standard InChI is InChI=1S/C11H16N4O4.C10H13N5O4/c16-3-8-6(17)1-9(19-8)15-5-14-10-7(18)2-12-4-13-11(10)15;11-10-6-4(12-2-13-10)5(14-15-6)9-8(18)7(17)3(1-16)19-9/h4-9,16-18H,1-3H2,(H,12,13);2-3,7-9,16-18H,1H2,(H,14,15)(H2,11,12,13)/t6-,7+,8+,9+;3-,7-,8-,9+/m01/s1. The molecule has 0 aromatic carbocycles. The first-order valence-electron chi connectivity index (χ1n) is 11.8. The van der Waals surface area contributed by atoms with E-state index in [0.717, 1.165) is 0 Å². The van der Waals surface area contributed by atoms with Crippen LogP contribution in [0.15, 0.2) is 17.6 Å². The third-order valence-corrected chi connectivity index (χ3v) is 6.62. The molecule has 10 N–H and O–H groups in total. The molecule has 3 aliphatic rings. The lowest BCUT2D eigenvalue weighted by Gasteiger charge is -2.16. The predicted octanol–water partition coefficient (Wildman–Crippen LogP) is -2.90. The van der Waals surface area contributed by atoms with Gasteiger partial charge in [0.05, 0.1) is 44.2 Å². The molecule has 0 unspecified atom stereocenters. The maximum Gasteiger partial charge on any atom is 0.155 e. The highest BCUT2D eigenvalue weighted by atomic mass is 16.6. The number of aliphatic hydroxyl groups excluding tert-OH is 6. The lowest BCUT2D eigenvalue weighted by Crippen LogP contribution is -2.32. The number of hydrogen-bond donors (Lipinski definition) is 9. The summed E-state index contributed by atoms with van der Waals surface area (Å²) in [6.45, 7) is -0.367. The van der Waals surface area contributed by atoms with Crippen LogP contribution in [0.4, 0.5) is 11.6 Å². The highest BCUT2D eigenvalue weighted by Gasteiger charge is 2.44. The summed E-state index contributed by atoms with van der Waals surface area (Å²) in [5.74, 6) is 0.809. The number of nitrogens with zero attached hydrogens (tertiary/aromatic N) is 6. The van der Waals surface area contributed by atoms with Gasteiger partial charge in [-0.05, 0) is 0 Å². The Balaban J connectivity index is 0.000000155. The first-order chi connectivity index (χ1) is 18.3. The number of anilines is 2. The minimum atomic E-state index is -1.18. The second-order valence-electron chi connectivity index (χ2n) is 9.01. The van der Waals surface area contributed by atoms with Crippen molar-refractivity contribution in [2.45, 2.75) is 55.4 Å². The Kier molecular flexibility index (Phi) is 7.50. The van der Waals surface area contributed by atoms with Crippen LogP contribution in [0.3, 0.4) is 0 Å². The SMILES string of the molecule is Nc1ncnc2c([C@@H]3O[C@H](CO)[C@@H](O)[C@H]3O)[nH]nc12.OC[C@H]1O[C@@H](n2cnc3c2NC=NC[C@H]3O)C[C@@H]1O. The Morgan fingerprint density at radius 1 is 1.00 bits per heavy atom. The van der Waals surface area contributed by atoms with Gasteiger partial charge in [0, 0.05) is 6.42 Å². The van der Waals surface area contributed by atoms with Gasteiger partial charge in [0.15, 0.2) is 11.3 Å². The highest BCUT2D eigenvalue weighted by Crippen LogP contribution is 2.36. The van der Waals surface area contributed by atoms with Crippen LogP contribution in [0, 0.1) is 0 Å². The van der Waals surface area contributed by atoms with Gasteiger partial charge in [0.25, 0.3) is 0 Å². The van der Waals surface area contributed by atoms with Gasteiger partial charge in [-0.15, -0.1) is 0 Å². The van der Waals surface area contributed by atoms with Crippen molar-refractivity contribution in [1.29, 1.82) is 0 Å². The molecule has 2 fully saturated rings. The van der Waals surface area contributed by atoms with E-state index in [4.69, 9.17) is 25.4 Å². The molecule has 6 heterocycles. The molecule has 38 heavy (non-hydrogen) atoms. The largest absolute Gasteiger partial charge is 0.394 e. The van der Waals surface area contributed by atoms with Crippen molar-refractivity contribution >= 4 is 29.0 Å². The van der Waals surface area contributed by atoms with E-state index >= 15 is 0 Å². The van der Waals surface area contributed by atoms with Crippen molar-refractivity contribution in [3.8, 4) is 0 Å². The molecule has 3 aromatic rings. The van der Waals surface area contributed by atoms with Gasteiger partial charge >= 0.3 is 0 Å². The molecule has 17 heteroatoms. The molecular formula is C21H29N9O8. The second kappa shape index (κ2) is 10.8. The number of rotatable bonds is 4. The fraction of sp³-hybridized carbons (Fsp3) is 0.571. The quantitative estimate of drug-likeness (QED) is 0.162. The van der Waals surface area contributed by atoms with Gasteiger partial charge in [-0.3, -0.25) is 14.7 Å². The maximum atomic E-state index is 9.95. The number of H-pyrrole nitrogens is 1. The van der Waals surface area contributed by atoms with Gasteiger partial charge in [-0.1, -0.05) is 0 Å². The fourth-order valence-corrected chi connectivity index (χ4v) is 4.59. The molecule has 0 spiro atoms. The van der Waals surface area contributed by atoms with Crippen LogP contribution in [0.1, 0.15) is 36.2 Å². The van der Waals surface area contributed by atoms with Crippen LogP contribution in [0.2, 0.25) is 0 Å². The molecule has 0 amide bonds. The Hall–Kier alpha value is -3.29. The molecule has 3 aromatic heterocycles. The smallest absolute Gasteiger partial charge is 0.155 e. The Labute approximate surface area is 214 Å². The molecule has 0 saturated carbocycles. The van der Waals surface area contributed by atoms with Crippen LogP contribution in [-0.2, 0) is 9.47 Å². The van der Waals surface area contributed by atoms with Crippen LogP contribution < -0.4 is 11.1 Å². The van der Waals surface area contributed by atoms with Crippen molar-refractivity contribution < 1.29 is 40.1 Å². The van der Waals surface area contributed by atoms with Crippen molar-refractivity contribution in [3.63, 3.8) is 0 Å². The summed E-state index contributed by atoms with van der Waals surface area (Å²) < 4.78 is 12.7. The number of nitrogens with two attached hydrogens (primary N) is 1. The lowest BCUT2D eigenvalue weighted by atomic mass is 10.1. The first-order valence-corrected chi connectivity index (χ1v) is 11.8. The summed E-state index contributed by atoms with van der Waals surface area (Å²) in [6.07, 6.45) is -1.85. The molecule has 17 nitrogen and oxygen atoms in total. The first kappa shape index (κ1) is 26.3. The number of aliphatic hydroxyl groups is 6. The van der Waals surface area contributed by atoms with E-state index < -0.39 is 55.6 Å². The van der Waals surface area contributed by atoms with E-state index in [-0.39, 0.29) is 19.0 Å². The third-order valence-electron chi connectivity index (χ3n) is 6.62. The summed E-state index contributed by atoms with van der Waals surface area (Å²) in [4.78, 5) is 16.0. The summed E-state index contributed by atoms with van der Waals surface area (Å²) >= 11 is 0. The fourth-order valence-electron chi connectivity index (χ4n) is 4.59. The minimum Gasteiger partial charge on any atom is -0.394 e. The van der Waals surface area contributed by atoms with Crippen molar-refractivity contribution in [2.24, 2.45) is 4.99 Å². The molecule has 2 saturated heterocycles. The van der Waals surface area contributed by atoms with E-state index in [1.807, 2.05) is 0 Å². The molecule has 0 radical (unpaired) electrons. The average Bonchev–Trinajstić information content (AvgIpc) is 3.66. The average molecular weight is 536 g/mol. The zero-order chi connectivity index (χ0) is 27.0. The predicted molar refractivity (Wildman–Crippen MR) is 129 cm³/mol. The summed E-state index contributed by atoms with van der Waals surface area (Å²) in [7, 11) is 0. The Morgan fingerprint density at radius 2 is 1.79 bits per heavy atom. The maximum absolute atomic E-state index is 9.95. The second-order valence-corrected chi connectivity index (χ2v) is 9.01. The molecule has 0 aliphatic carbocycles. The molecular weight excluding hydrogens is 506 g/mol. The normalized spacial score (nSPS) is 32.5. The highest BCUT2D eigenvalue weighted by molar-refractivity contribution is 5.85. The number of nitrogen functional groups attached to an aromatic ring is 1. The van der Waals surface area contributed by atoms with Crippen molar-refractivity contribution in [2.75, 3.05) is 30.8 Å². The summed E-state index contributed by atoms with van der Waals surface area (Å²) in [6, 6.07) is 0. The topological polar surface area (TPSA) is 263 Å². The minimum absolute atomic E-state index is 0.208. The molecule has 6 rings (SSSR count). The Morgan fingerprint density at radius 3 is 2.50 bits per heavy atom. The molecule has 0 bridgehead atoms. The molecule has 3 aliphatic heterocycles. The van der Waals surface area contributed by atoms with Crippen LogP contribution in [-0.4, -0.2) is 117 Å². The van der Waals surface area contributed by atoms with Gasteiger partial charge in [0.1, 0.15) is 66.2 Å². The number of aromatic amines is 1. The molecule has 8 atom stereocenters. The number of nitrogens with one attached hydrogen (secondary N) is 2. The van der Waals surface area contributed by atoms with Gasteiger partial charge in [0.2, 0.25) is 0 Å². The van der Waals surface area contributed by atoms with E-state index in [1.165, 1.54) is 12.7 Å². The number of hydrogen-bond acceptors (Lipinski definition) is 15. The number of fused-ring (bicyclic) bond motifs is 2. The monoisotopic (exact) mass is 535 g/mol. The molecule has 206 valence electrons. The van der Waals surface area contributed by atoms with Gasteiger partial charge < -0.3 is 51.2 Å². The third kappa shape index (κ3) is 4.69. The van der Waals surface area contributed by atoms with Crippen LogP contribution in [0.5, 0.6) is 0 Å². The van der Waals surface area contributed by atoms with Crippen molar-refractivity contribution in [3.05, 3.63) is 24.0 Å². The number of aliphatic imine (C=N–C) groups is 1. The Bertz CT molecular complexity index is 1280. The van der Waals surface area contributed by atoms with Gasteiger partial charge in [-0.25, -0.2) is 15.0 Å². The van der Waals surface area contributed by atoms with Crippen LogP contribution >= 0.6 is 0 Å². The number of aromatic nitrogens is 6. The van der Waals surface area contributed by atoms with E-state index in [1.54, 1.807) is 10.9 Å². The van der Waals surface area contributed by atoms with Crippen LogP contribution in [0.25, 0.3) is 11.0 Å². The van der Waals surface area contributed by atoms with E-state index in [2.05, 4.69) is 35.5 Å². The number of imidazole rings is 1. The van der Waals surface area contributed by atoms with Crippen molar-refractivity contribution in [1.82, 2.24) is 29.7 Å². The zero-order valence-electron chi connectivity index (χ0n) is 19.9. The lowest BCUT2D eigenvalue weighted by molar-refractivity contribution is -0.0437. The number of ether oxygens (including phenoxy) is 2. The van der Waals surface area contributed by atoms with E-state index in [9.17, 15) is 20.4 Å². The van der Waals surface area contributed by atoms with Gasteiger partial charge in [-0.2, -0.15) is 5.10 Å². The summed E-state index contributed by atoms with van der Waals surface area (Å²) in [5, 5.41) is 67.1.